The molecule has 0 aromatic carbocycles. The second kappa shape index (κ2) is 4.73. The van der Waals surface area contributed by atoms with E-state index in [1.165, 1.54) is 12.1 Å². The highest BCUT2D eigenvalue weighted by atomic mass is 16.4. The summed E-state index contributed by atoms with van der Waals surface area (Å²) in [6.45, 7) is 7.19. The van der Waals surface area contributed by atoms with Gasteiger partial charge in [-0.3, -0.25) is 4.79 Å². The Morgan fingerprint density at radius 1 is 1.35 bits per heavy atom. The maximum absolute atomic E-state index is 11.5. The van der Waals surface area contributed by atoms with Crippen LogP contribution in [0.4, 0.5) is 0 Å². The van der Waals surface area contributed by atoms with Crippen LogP contribution in [0.3, 0.4) is 0 Å². The van der Waals surface area contributed by atoms with Crippen molar-refractivity contribution in [2.24, 2.45) is 0 Å². The molecule has 1 rings (SSSR count). The Morgan fingerprint density at radius 3 is 2.18 bits per heavy atom. The first-order valence-corrected chi connectivity index (χ1v) is 5.77. The molecule has 1 aromatic heterocycles. The average Bonchev–Trinajstić information content (AvgIpc) is 2.15. The highest BCUT2D eigenvalue weighted by molar-refractivity contribution is 5.76. The van der Waals surface area contributed by atoms with Crippen molar-refractivity contribution in [2.75, 3.05) is 0 Å². The van der Waals surface area contributed by atoms with Crippen LogP contribution in [0, 0.1) is 13.8 Å². The number of aliphatic carboxylic acids is 1. The van der Waals surface area contributed by atoms with Gasteiger partial charge in [0.05, 0.1) is 0 Å². The lowest BCUT2D eigenvalue weighted by molar-refractivity contribution is -0.147. The summed E-state index contributed by atoms with van der Waals surface area (Å²) in [6, 6.07) is 2.95. The molecule has 0 aliphatic carbocycles. The molecule has 1 N–H and O–H groups in total. The van der Waals surface area contributed by atoms with Gasteiger partial charge < -0.3 is 9.67 Å². The van der Waals surface area contributed by atoms with E-state index >= 15 is 0 Å². The maximum Gasteiger partial charge on any atom is 0.329 e. The average molecular weight is 237 g/mol. The van der Waals surface area contributed by atoms with Crippen molar-refractivity contribution < 1.29 is 9.90 Å². The van der Waals surface area contributed by atoms with E-state index in [1.807, 2.05) is 6.92 Å². The fourth-order valence-corrected chi connectivity index (χ4v) is 2.44. The Balaban J connectivity index is 3.49. The number of pyridine rings is 1. The van der Waals surface area contributed by atoms with Crippen LogP contribution in [0.1, 0.15) is 38.1 Å². The minimum atomic E-state index is -0.989. The molecule has 4 nitrogen and oxygen atoms in total. The second-order valence-electron chi connectivity index (χ2n) is 4.64. The zero-order chi connectivity index (χ0) is 13.2. The summed E-state index contributed by atoms with van der Waals surface area (Å²) in [5, 5.41) is 9.44. The van der Waals surface area contributed by atoms with Crippen molar-refractivity contribution in [3.05, 3.63) is 33.7 Å². The van der Waals surface area contributed by atoms with Gasteiger partial charge in [-0.05, 0) is 27.2 Å². The molecule has 0 bridgehead atoms. The summed E-state index contributed by atoms with van der Waals surface area (Å²) in [5.41, 5.74) is 0.304. The first-order valence-electron chi connectivity index (χ1n) is 5.77. The molecule has 0 saturated carbocycles. The largest absolute Gasteiger partial charge is 0.479 e. The Morgan fingerprint density at radius 2 is 1.82 bits per heavy atom. The SMILES string of the molecule is CCCC(C)(C(=O)O)n1c(C)cc(=O)cc1C. The summed E-state index contributed by atoms with van der Waals surface area (Å²) in [7, 11) is 0. The number of carbonyl (C=O) groups is 1. The van der Waals surface area contributed by atoms with Gasteiger partial charge in [0.15, 0.2) is 5.43 Å². The second-order valence-corrected chi connectivity index (χ2v) is 4.64. The fourth-order valence-electron chi connectivity index (χ4n) is 2.44. The summed E-state index contributed by atoms with van der Waals surface area (Å²) in [4.78, 5) is 22.9. The lowest BCUT2D eigenvalue weighted by Crippen LogP contribution is -2.41. The molecule has 0 aliphatic rings. The third-order valence-corrected chi connectivity index (χ3v) is 3.10. The van der Waals surface area contributed by atoms with Gasteiger partial charge >= 0.3 is 5.97 Å². The van der Waals surface area contributed by atoms with Gasteiger partial charge in [-0.15, -0.1) is 0 Å². The number of hydrogen-bond donors (Lipinski definition) is 1. The van der Waals surface area contributed by atoms with Crippen LogP contribution in [0.25, 0.3) is 0 Å². The molecule has 1 aromatic rings. The molecular weight excluding hydrogens is 218 g/mol. The molecule has 1 unspecified atom stereocenters. The summed E-state index contributed by atoms with van der Waals surface area (Å²) >= 11 is 0. The molecule has 4 heteroatoms. The van der Waals surface area contributed by atoms with Crippen molar-refractivity contribution >= 4 is 5.97 Å². The Labute approximate surface area is 101 Å². The lowest BCUT2D eigenvalue weighted by Gasteiger charge is -2.31. The van der Waals surface area contributed by atoms with Crippen molar-refractivity contribution in [2.45, 2.75) is 46.1 Å². The van der Waals surface area contributed by atoms with Crippen LogP contribution in [0.2, 0.25) is 0 Å². The summed E-state index contributed by atoms with van der Waals surface area (Å²) in [6.07, 6.45) is 1.31. The molecule has 0 spiro atoms. The molecular formula is C13H19NO3. The van der Waals surface area contributed by atoms with E-state index in [0.717, 1.165) is 6.42 Å². The van der Waals surface area contributed by atoms with E-state index in [9.17, 15) is 14.7 Å². The van der Waals surface area contributed by atoms with Gasteiger partial charge in [0.2, 0.25) is 0 Å². The number of carboxylic acid groups (broad SMARTS) is 1. The third-order valence-electron chi connectivity index (χ3n) is 3.10. The van der Waals surface area contributed by atoms with Gasteiger partial charge in [0.1, 0.15) is 5.54 Å². The highest BCUT2D eigenvalue weighted by Gasteiger charge is 2.35. The number of hydrogen-bond acceptors (Lipinski definition) is 2. The van der Waals surface area contributed by atoms with Gasteiger partial charge in [0.25, 0.3) is 0 Å². The molecule has 17 heavy (non-hydrogen) atoms. The number of carboxylic acids is 1. The molecule has 1 heterocycles. The first kappa shape index (κ1) is 13.5. The summed E-state index contributed by atoms with van der Waals surface area (Å²) in [5.74, 6) is -0.866. The highest BCUT2D eigenvalue weighted by Crippen LogP contribution is 2.25. The van der Waals surface area contributed by atoms with Crippen molar-refractivity contribution in [1.82, 2.24) is 4.57 Å². The number of rotatable bonds is 4. The fraction of sp³-hybridized carbons (Fsp3) is 0.538. The van der Waals surface area contributed by atoms with Gasteiger partial charge in [0, 0.05) is 23.5 Å². The van der Waals surface area contributed by atoms with Crippen molar-refractivity contribution in [1.29, 1.82) is 0 Å². The predicted octanol–water partition coefficient (Wildman–Crippen LogP) is 2.07. The third kappa shape index (κ3) is 2.40. The van der Waals surface area contributed by atoms with Crippen molar-refractivity contribution in [3.8, 4) is 0 Å². The molecule has 0 fully saturated rings. The standard InChI is InChI=1S/C13H19NO3/c1-5-6-13(4,12(16)17)14-9(2)7-11(15)8-10(14)3/h7-8H,5-6H2,1-4H3,(H,16,17). The van der Waals surface area contributed by atoms with Gasteiger partial charge in [-0.25, -0.2) is 4.79 Å². The molecule has 0 amide bonds. The Hall–Kier alpha value is -1.58. The Kier molecular flexibility index (Phi) is 3.76. The monoisotopic (exact) mass is 237 g/mol. The van der Waals surface area contributed by atoms with Crippen LogP contribution in [-0.4, -0.2) is 15.6 Å². The predicted molar refractivity (Wildman–Crippen MR) is 66.4 cm³/mol. The number of aryl methyl sites for hydroxylation is 2. The number of nitrogens with zero attached hydrogens (tertiary/aromatic N) is 1. The van der Waals surface area contributed by atoms with Crippen LogP contribution < -0.4 is 5.43 Å². The van der Waals surface area contributed by atoms with Gasteiger partial charge in [-0.2, -0.15) is 0 Å². The van der Waals surface area contributed by atoms with Crippen LogP contribution in [0.5, 0.6) is 0 Å². The molecule has 0 radical (unpaired) electrons. The smallest absolute Gasteiger partial charge is 0.329 e. The van der Waals surface area contributed by atoms with E-state index in [0.29, 0.717) is 17.8 Å². The Bertz CT molecular complexity index is 464. The van der Waals surface area contributed by atoms with E-state index < -0.39 is 11.5 Å². The number of aromatic nitrogens is 1. The van der Waals surface area contributed by atoms with Crippen molar-refractivity contribution in [3.63, 3.8) is 0 Å². The maximum atomic E-state index is 11.5. The quantitative estimate of drug-likeness (QED) is 0.872. The molecule has 1 atom stereocenters. The van der Waals surface area contributed by atoms with E-state index in [-0.39, 0.29) is 5.43 Å². The normalized spacial score (nSPS) is 14.4. The van der Waals surface area contributed by atoms with E-state index in [1.54, 1.807) is 25.3 Å². The molecule has 0 aliphatic heterocycles. The molecule has 94 valence electrons. The first-order chi connectivity index (χ1) is 7.82. The lowest BCUT2D eigenvalue weighted by atomic mass is 9.94. The van der Waals surface area contributed by atoms with E-state index in [4.69, 9.17) is 0 Å². The minimum absolute atomic E-state index is 0.0829. The van der Waals surface area contributed by atoms with Crippen LogP contribution in [0.15, 0.2) is 16.9 Å². The van der Waals surface area contributed by atoms with Gasteiger partial charge in [-0.1, -0.05) is 13.3 Å². The zero-order valence-electron chi connectivity index (χ0n) is 10.8. The summed E-state index contributed by atoms with van der Waals surface area (Å²) < 4.78 is 1.74. The van der Waals surface area contributed by atoms with E-state index in [2.05, 4.69) is 0 Å². The van der Waals surface area contributed by atoms with Crippen LogP contribution >= 0.6 is 0 Å². The molecule has 0 saturated heterocycles. The van der Waals surface area contributed by atoms with Crippen LogP contribution in [-0.2, 0) is 10.3 Å². The minimum Gasteiger partial charge on any atom is -0.479 e. The topological polar surface area (TPSA) is 59.3 Å². The zero-order valence-corrected chi connectivity index (χ0v) is 10.8.